The highest BCUT2D eigenvalue weighted by atomic mass is 16.5. The van der Waals surface area contributed by atoms with Crippen molar-refractivity contribution in [1.29, 1.82) is 0 Å². The normalized spacial score (nSPS) is 10.6. The molecule has 0 fully saturated rings. The van der Waals surface area contributed by atoms with E-state index < -0.39 is 11.2 Å². The molecule has 0 unspecified atom stereocenters. The lowest BCUT2D eigenvalue weighted by Crippen LogP contribution is -2.04. The summed E-state index contributed by atoms with van der Waals surface area (Å²) < 4.78 is 21.3. The van der Waals surface area contributed by atoms with Crippen LogP contribution in [0.25, 0.3) is 22.3 Å². The summed E-state index contributed by atoms with van der Waals surface area (Å²) in [6, 6.07) is 9.95. The lowest BCUT2D eigenvalue weighted by atomic mass is 10.1. The Balaban J connectivity index is 2.28. The molecule has 124 valence electrons. The third-order valence-electron chi connectivity index (χ3n) is 3.72. The Morgan fingerprint density at radius 2 is 1.62 bits per heavy atom. The van der Waals surface area contributed by atoms with Crippen molar-refractivity contribution in [1.82, 2.24) is 0 Å². The molecular weight excluding hydrogens is 312 g/mol. The largest absolute Gasteiger partial charge is 0.502 e. The van der Waals surface area contributed by atoms with Gasteiger partial charge in [0.2, 0.25) is 11.2 Å². The van der Waals surface area contributed by atoms with Gasteiger partial charge in [0.25, 0.3) is 0 Å². The first-order valence-electron chi connectivity index (χ1n) is 7.16. The Kier molecular flexibility index (Phi) is 4.04. The van der Waals surface area contributed by atoms with Crippen LogP contribution in [0.3, 0.4) is 0 Å². The van der Waals surface area contributed by atoms with Crippen molar-refractivity contribution >= 4 is 11.0 Å². The molecule has 0 bridgehead atoms. The smallest absolute Gasteiger partial charge is 0.238 e. The molecule has 0 atom stereocenters. The summed E-state index contributed by atoms with van der Waals surface area (Å²) in [7, 11) is 4.48. The quantitative estimate of drug-likeness (QED) is 0.792. The van der Waals surface area contributed by atoms with E-state index in [1.54, 1.807) is 36.4 Å². The molecule has 2 aromatic carbocycles. The van der Waals surface area contributed by atoms with Crippen molar-refractivity contribution in [2.45, 2.75) is 0 Å². The second-order valence-electron chi connectivity index (χ2n) is 5.01. The Morgan fingerprint density at radius 1 is 0.917 bits per heavy atom. The first-order chi connectivity index (χ1) is 11.6. The van der Waals surface area contributed by atoms with E-state index in [0.717, 1.165) is 0 Å². The van der Waals surface area contributed by atoms with Crippen LogP contribution in [0, 0.1) is 0 Å². The molecule has 1 N–H and O–H groups in total. The van der Waals surface area contributed by atoms with E-state index in [1.807, 2.05) is 0 Å². The molecule has 0 saturated heterocycles. The summed E-state index contributed by atoms with van der Waals surface area (Å²) in [4.78, 5) is 12.5. The predicted octanol–water partition coefficient (Wildman–Crippen LogP) is 3.19. The van der Waals surface area contributed by atoms with Crippen molar-refractivity contribution < 1.29 is 23.7 Å². The van der Waals surface area contributed by atoms with Crippen LogP contribution >= 0.6 is 0 Å². The van der Waals surface area contributed by atoms with E-state index in [4.69, 9.17) is 18.6 Å². The topological polar surface area (TPSA) is 78.1 Å². The Morgan fingerprint density at radius 3 is 2.29 bits per heavy atom. The van der Waals surface area contributed by atoms with Gasteiger partial charge in [0.05, 0.1) is 21.3 Å². The number of hydrogen-bond acceptors (Lipinski definition) is 6. The van der Waals surface area contributed by atoms with Gasteiger partial charge in [-0.1, -0.05) is 6.07 Å². The summed E-state index contributed by atoms with van der Waals surface area (Å²) >= 11 is 0. The lowest BCUT2D eigenvalue weighted by Gasteiger charge is -2.11. The highest BCUT2D eigenvalue weighted by Gasteiger charge is 2.19. The maximum atomic E-state index is 12.5. The summed E-state index contributed by atoms with van der Waals surface area (Å²) in [5.74, 6) is 0.907. The Bertz CT molecular complexity index is 958. The molecule has 3 rings (SSSR count). The zero-order valence-corrected chi connectivity index (χ0v) is 13.5. The predicted molar refractivity (Wildman–Crippen MR) is 89.2 cm³/mol. The first-order valence-corrected chi connectivity index (χ1v) is 7.16. The van der Waals surface area contributed by atoms with E-state index in [9.17, 15) is 9.90 Å². The molecule has 0 saturated carbocycles. The molecule has 6 nitrogen and oxygen atoms in total. The maximum Gasteiger partial charge on any atom is 0.238 e. The van der Waals surface area contributed by atoms with Gasteiger partial charge in [-0.15, -0.1) is 0 Å². The number of rotatable bonds is 4. The molecule has 0 aliphatic rings. The zero-order valence-electron chi connectivity index (χ0n) is 13.5. The van der Waals surface area contributed by atoms with Crippen LogP contribution in [-0.4, -0.2) is 26.4 Å². The van der Waals surface area contributed by atoms with Gasteiger partial charge in [-0.2, -0.15) is 0 Å². The van der Waals surface area contributed by atoms with Crippen molar-refractivity contribution in [2.24, 2.45) is 0 Å². The van der Waals surface area contributed by atoms with E-state index >= 15 is 0 Å². The number of ether oxygens (including phenoxy) is 3. The van der Waals surface area contributed by atoms with Gasteiger partial charge >= 0.3 is 0 Å². The van der Waals surface area contributed by atoms with Gasteiger partial charge in [0.1, 0.15) is 16.7 Å². The van der Waals surface area contributed by atoms with Gasteiger partial charge in [-0.25, -0.2) is 0 Å². The fourth-order valence-corrected chi connectivity index (χ4v) is 2.54. The Labute approximate surface area is 137 Å². The van der Waals surface area contributed by atoms with Crippen LogP contribution in [-0.2, 0) is 0 Å². The average Bonchev–Trinajstić information content (AvgIpc) is 2.63. The number of aromatic hydroxyl groups is 1. The van der Waals surface area contributed by atoms with Crippen LogP contribution in [0.5, 0.6) is 23.0 Å². The van der Waals surface area contributed by atoms with Crippen molar-refractivity contribution in [3.63, 3.8) is 0 Å². The molecule has 1 heterocycles. The van der Waals surface area contributed by atoms with Gasteiger partial charge in [0, 0.05) is 5.56 Å². The van der Waals surface area contributed by atoms with E-state index in [0.29, 0.717) is 28.4 Å². The summed E-state index contributed by atoms with van der Waals surface area (Å²) in [5.41, 5.74) is 0.257. The molecule has 0 radical (unpaired) electrons. The molecule has 3 aromatic rings. The third-order valence-corrected chi connectivity index (χ3v) is 3.72. The van der Waals surface area contributed by atoms with Crippen LogP contribution < -0.4 is 19.6 Å². The van der Waals surface area contributed by atoms with E-state index in [2.05, 4.69) is 0 Å². The average molecular weight is 328 g/mol. The van der Waals surface area contributed by atoms with Crippen molar-refractivity contribution in [2.75, 3.05) is 21.3 Å². The van der Waals surface area contributed by atoms with Gasteiger partial charge in [-0.05, 0) is 30.3 Å². The summed E-state index contributed by atoms with van der Waals surface area (Å²) in [6.45, 7) is 0. The number of hydrogen-bond donors (Lipinski definition) is 1. The van der Waals surface area contributed by atoms with Crippen LogP contribution in [0.2, 0.25) is 0 Å². The molecule has 0 amide bonds. The van der Waals surface area contributed by atoms with Gasteiger partial charge in [-0.3, -0.25) is 4.79 Å². The van der Waals surface area contributed by atoms with Crippen LogP contribution in [0.15, 0.2) is 45.6 Å². The van der Waals surface area contributed by atoms with Crippen LogP contribution in [0.4, 0.5) is 0 Å². The second kappa shape index (κ2) is 6.16. The van der Waals surface area contributed by atoms with Gasteiger partial charge < -0.3 is 23.7 Å². The number of methoxy groups -OCH3 is 3. The molecule has 6 heteroatoms. The molecule has 24 heavy (non-hydrogen) atoms. The highest BCUT2D eigenvalue weighted by Crippen LogP contribution is 2.37. The van der Waals surface area contributed by atoms with Crippen molar-refractivity contribution in [3.05, 3.63) is 46.6 Å². The minimum Gasteiger partial charge on any atom is -0.502 e. The monoisotopic (exact) mass is 328 g/mol. The second-order valence-corrected chi connectivity index (χ2v) is 5.01. The number of benzene rings is 2. The molecule has 0 aliphatic heterocycles. The molecule has 0 aliphatic carbocycles. The Hall–Kier alpha value is -3.15. The maximum absolute atomic E-state index is 12.5. The summed E-state index contributed by atoms with van der Waals surface area (Å²) in [5, 5.41) is 10.5. The molecular formula is C18H16O6. The van der Waals surface area contributed by atoms with E-state index in [1.165, 1.54) is 21.3 Å². The highest BCUT2D eigenvalue weighted by molar-refractivity contribution is 5.87. The first kappa shape index (κ1) is 15.7. The van der Waals surface area contributed by atoms with Crippen LogP contribution in [0.1, 0.15) is 0 Å². The molecule has 0 spiro atoms. The lowest BCUT2D eigenvalue weighted by molar-refractivity contribution is 0.355. The van der Waals surface area contributed by atoms with E-state index in [-0.39, 0.29) is 11.1 Å². The fourth-order valence-electron chi connectivity index (χ4n) is 2.54. The number of fused-ring (bicyclic) bond motifs is 1. The molecule has 1 aromatic heterocycles. The fraction of sp³-hybridized carbons (Fsp3) is 0.167. The zero-order chi connectivity index (χ0) is 17.3. The van der Waals surface area contributed by atoms with Gasteiger partial charge in [0.15, 0.2) is 17.3 Å². The minimum atomic E-state index is -0.557. The third kappa shape index (κ3) is 2.42. The van der Waals surface area contributed by atoms with Crippen molar-refractivity contribution in [3.8, 4) is 34.3 Å². The SMILES string of the molecule is COc1ccc(-c2oc3cccc(OC)c3c(=O)c2O)cc1OC. The standard InChI is InChI=1S/C18H16O6/c1-21-11-8-7-10(9-14(11)23-3)18-17(20)16(19)15-12(22-2)5-4-6-13(15)24-18/h4-9,20H,1-3H3. The minimum absolute atomic E-state index is 0.0571. The summed E-state index contributed by atoms with van der Waals surface area (Å²) in [6.07, 6.45) is 0.